The zero-order chi connectivity index (χ0) is 25.6. The summed E-state index contributed by atoms with van der Waals surface area (Å²) in [6.07, 6.45) is -2.07. The van der Waals surface area contributed by atoms with E-state index in [-0.39, 0.29) is 19.0 Å². The Morgan fingerprint density at radius 3 is 2.29 bits per heavy atom. The average Bonchev–Trinajstić information content (AvgIpc) is 3.09. The molecule has 0 aromatic rings. The van der Waals surface area contributed by atoms with Crippen LogP contribution in [0.3, 0.4) is 0 Å². The molecule has 12 nitrogen and oxygen atoms in total. The number of ether oxygens (including phenoxy) is 4. The van der Waals surface area contributed by atoms with E-state index >= 15 is 0 Å². The van der Waals surface area contributed by atoms with Crippen LogP contribution in [0.4, 0.5) is 0 Å². The number of aliphatic hydroxyl groups excluding tert-OH is 1. The van der Waals surface area contributed by atoms with Crippen molar-refractivity contribution in [2.24, 2.45) is 22.2 Å². The van der Waals surface area contributed by atoms with Gasteiger partial charge in [-0.05, 0) is 6.08 Å². The number of carbonyl (C=O) groups excluding carboxylic acids is 3. The van der Waals surface area contributed by atoms with Gasteiger partial charge in [0.05, 0.1) is 25.0 Å². The summed E-state index contributed by atoms with van der Waals surface area (Å²) in [6.45, 7) is 10.1. The smallest absolute Gasteiger partial charge is 0.308 e. The number of aliphatic hydroxyl groups is 1. The molecule has 2 heterocycles. The van der Waals surface area contributed by atoms with E-state index in [1.54, 1.807) is 41.5 Å². The Labute approximate surface area is 198 Å². The number of aldehydes is 1. The molecular formula is C22H35N3O9. The summed E-state index contributed by atoms with van der Waals surface area (Å²) in [4.78, 5) is 41.3. The number of nitrogens with zero attached hydrogens (tertiary/aromatic N) is 2. The summed E-state index contributed by atoms with van der Waals surface area (Å²) >= 11 is 0. The lowest BCUT2D eigenvalue weighted by atomic mass is 9.98. The molecule has 0 amide bonds. The maximum absolute atomic E-state index is 12.5. The Balaban J connectivity index is 2.35. The molecule has 2 aliphatic rings. The molecule has 3 N–H and O–H groups in total. The molecule has 0 saturated carbocycles. The van der Waals surface area contributed by atoms with Gasteiger partial charge < -0.3 is 33.7 Å². The maximum atomic E-state index is 12.5. The second kappa shape index (κ2) is 11.7. The second-order valence-electron chi connectivity index (χ2n) is 9.53. The predicted octanol–water partition coefficient (Wildman–Crippen LogP) is 0.571. The Bertz CT molecular complexity index is 796. The largest absolute Gasteiger partial charge is 0.455 e. The van der Waals surface area contributed by atoms with Crippen LogP contribution < -0.4 is 5.48 Å². The average molecular weight is 486 g/mol. The van der Waals surface area contributed by atoms with Crippen LogP contribution in [0.15, 0.2) is 17.3 Å². The van der Waals surface area contributed by atoms with Crippen LogP contribution >= 0.6 is 0 Å². The number of esters is 2. The maximum Gasteiger partial charge on any atom is 0.308 e. The zero-order valence-corrected chi connectivity index (χ0v) is 20.3. The molecule has 0 aliphatic carbocycles. The molecule has 0 aromatic heterocycles. The Kier molecular flexibility index (Phi) is 9.56. The fourth-order valence-corrected chi connectivity index (χ4v) is 3.11. The van der Waals surface area contributed by atoms with Gasteiger partial charge in [-0.15, -0.1) is 0 Å². The normalized spacial score (nSPS) is 27.1. The van der Waals surface area contributed by atoms with E-state index < -0.39 is 60.1 Å². The summed E-state index contributed by atoms with van der Waals surface area (Å²) in [7, 11) is 0. The molecule has 0 bridgehead atoms. The van der Waals surface area contributed by atoms with Crippen LogP contribution in [0, 0.1) is 17.3 Å². The first-order valence-corrected chi connectivity index (χ1v) is 11.1. The van der Waals surface area contributed by atoms with Gasteiger partial charge in [0.1, 0.15) is 12.4 Å². The monoisotopic (exact) mass is 485 g/mol. The predicted molar refractivity (Wildman–Crippen MR) is 118 cm³/mol. The quantitative estimate of drug-likeness (QED) is 0.226. The molecule has 0 aromatic carbocycles. The number of aliphatic imine (C=N–C) groups is 1. The van der Waals surface area contributed by atoms with Crippen molar-refractivity contribution in [1.29, 1.82) is 0 Å². The van der Waals surface area contributed by atoms with Crippen LogP contribution in [0.1, 0.15) is 41.5 Å². The minimum Gasteiger partial charge on any atom is -0.455 e. The van der Waals surface area contributed by atoms with E-state index in [2.05, 4.69) is 4.99 Å². The molecule has 1 fully saturated rings. The van der Waals surface area contributed by atoms with Crippen molar-refractivity contribution in [2.45, 2.75) is 72.4 Å². The molecule has 2 aliphatic heterocycles. The van der Waals surface area contributed by atoms with Gasteiger partial charge >= 0.3 is 11.9 Å². The molecule has 0 spiro atoms. The highest BCUT2D eigenvalue weighted by atomic mass is 16.7. The lowest BCUT2D eigenvalue weighted by Crippen LogP contribution is -2.50. The third-order valence-corrected chi connectivity index (χ3v) is 5.14. The van der Waals surface area contributed by atoms with E-state index in [9.17, 15) is 19.5 Å². The zero-order valence-electron chi connectivity index (χ0n) is 20.3. The fraction of sp³-hybridized carbons (Fsp3) is 0.727. The Hall–Kier alpha value is -2.54. The van der Waals surface area contributed by atoms with Crippen molar-refractivity contribution in [1.82, 2.24) is 10.4 Å². The van der Waals surface area contributed by atoms with Gasteiger partial charge in [0.25, 0.3) is 0 Å². The molecule has 2 rings (SSSR count). The minimum atomic E-state index is -1.49. The van der Waals surface area contributed by atoms with Gasteiger partial charge in [0.2, 0.25) is 6.35 Å². The van der Waals surface area contributed by atoms with Crippen LogP contribution in [-0.4, -0.2) is 83.4 Å². The molecule has 1 saturated heterocycles. The first kappa shape index (κ1) is 27.7. The van der Waals surface area contributed by atoms with Gasteiger partial charge in [-0.25, -0.2) is 4.99 Å². The van der Waals surface area contributed by atoms with Crippen molar-refractivity contribution in [3.05, 3.63) is 12.3 Å². The summed E-state index contributed by atoms with van der Waals surface area (Å²) < 4.78 is 23.1. The second-order valence-corrected chi connectivity index (χ2v) is 9.53. The van der Waals surface area contributed by atoms with E-state index in [0.29, 0.717) is 0 Å². The first-order valence-electron chi connectivity index (χ1n) is 11.1. The third-order valence-electron chi connectivity index (χ3n) is 5.14. The van der Waals surface area contributed by atoms with Crippen LogP contribution in [-0.2, 0) is 33.3 Å². The number of nitrogens with one attached hydrogen (secondary N) is 1. The van der Waals surface area contributed by atoms with Crippen molar-refractivity contribution in [3.63, 3.8) is 0 Å². The topological polar surface area (TPSA) is 156 Å². The van der Waals surface area contributed by atoms with E-state index in [0.717, 1.165) is 6.29 Å². The molecule has 1 unspecified atom stereocenters. The van der Waals surface area contributed by atoms with E-state index in [4.69, 9.17) is 24.2 Å². The number of hydrogen-bond acceptors (Lipinski definition) is 12. The van der Waals surface area contributed by atoms with Gasteiger partial charge in [0.15, 0.2) is 24.3 Å². The minimum absolute atomic E-state index is 0.0104. The number of hydroxylamine groups is 1. The van der Waals surface area contributed by atoms with Gasteiger partial charge in [0, 0.05) is 11.6 Å². The molecular weight excluding hydrogens is 450 g/mol. The summed E-state index contributed by atoms with van der Waals surface area (Å²) in [6, 6.07) is 0. The molecule has 12 heteroatoms. The highest BCUT2D eigenvalue weighted by Gasteiger charge is 2.53. The molecule has 0 radical (unpaired) electrons. The number of hydrogen-bond donors (Lipinski definition) is 3. The van der Waals surface area contributed by atoms with Gasteiger partial charge in [-0.3, -0.25) is 20.3 Å². The van der Waals surface area contributed by atoms with Crippen LogP contribution in [0.2, 0.25) is 0 Å². The van der Waals surface area contributed by atoms with E-state index in [1.165, 1.54) is 17.2 Å². The highest BCUT2D eigenvalue weighted by molar-refractivity contribution is 5.92. The third kappa shape index (κ3) is 6.98. The SMILES string of the molecule is CC(C)C(=O)O[C@@H]1[C@H](OC(=O)C(C)C)[C@@H](COCC(C)(C)C=O)O[C@H]1N1C=CC(NO)=NC1O. The molecule has 192 valence electrons. The van der Waals surface area contributed by atoms with Crippen molar-refractivity contribution in [2.75, 3.05) is 13.2 Å². The van der Waals surface area contributed by atoms with E-state index in [1.807, 2.05) is 5.48 Å². The number of carbonyl (C=O) groups is 3. The Morgan fingerprint density at radius 1 is 1.21 bits per heavy atom. The summed E-state index contributed by atoms with van der Waals surface area (Å²) in [5.74, 6) is -2.01. The van der Waals surface area contributed by atoms with Crippen molar-refractivity contribution in [3.8, 4) is 0 Å². The highest BCUT2D eigenvalue weighted by Crippen LogP contribution is 2.33. The lowest BCUT2D eigenvalue weighted by molar-refractivity contribution is -0.177. The lowest BCUT2D eigenvalue weighted by Gasteiger charge is -2.34. The first-order chi connectivity index (χ1) is 15.9. The summed E-state index contributed by atoms with van der Waals surface area (Å²) in [5.41, 5.74) is 1.10. The number of rotatable bonds is 10. The fourth-order valence-electron chi connectivity index (χ4n) is 3.11. The van der Waals surface area contributed by atoms with Gasteiger partial charge in [-0.2, -0.15) is 0 Å². The number of amidine groups is 1. The van der Waals surface area contributed by atoms with Crippen molar-refractivity contribution < 1.29 is 43.6 Å². The van der Waals surface area contributed by atoms with Crippen LogP contribution in [0.25, 0.3) is 0 Å². The molecule has 5 atom stereocenters. The summed E-state index contributed by atoms with van der Waals surface area (Å²) in [5, 5.41) is 19.5. The van der Waals surface area contributed by atoms with Gasteiger partial charge in [-0.1, -0.05) is 41.5 Å². The molecule has 34 heavy (non-hydrogen) atoms. The standard InChI is InChI=1S/C22H35N3O9/c1-12(2)19(27)33-16-14(9-31-11-22(5,6)10-26)32-18(17(16)34-20(28)13(3)4)25-8-7-15(24-30)23-21(25)29/h7-8,10,12-14,16-18,21,29-30H,9,11H2,1-6H3,(H,23,24)/t14-,16-,17-,18-,21?/m1/s1. The Morgan fingerprint density at radius 2 is 1.79 bits per heavy atom. The van der Waals surface area contributed by atoms with Crippen LogP contribution in [0.5, 0.6) is 0 Å². The van der Waals surface area contributed by atoms with Crippen molar-refractivity contribution >= 4 is 24.1 Å².